The summed E-state index contributed by atoms with van der Waals surface area (Å²) < 4.78 is 38.3. The molecule has 178 valence electrons. The Morgan fingerprint density at radius 2 is 1.35 bits per heavy atom. The van der Waals surface area contributed by atoms with Crippen LogP contribution in [0.3, 0.4) is 0 Å². The lowest BCUT2D eigenvalue weighted by Gasteiger charge is -2.13. The first-order chi connectivity index (χ1) is 16.2. The van der Waals surface area contributed by atoms with Gasteiger partial charge in [0.25, 0.3) is 21.8 Å². The lowest BCUT2D eigenvalue weighted by Crippen LogP contribution is -2.41. The summed E-state index contributed by atoms with van der Waals surface area (Å²) in [6.07, 6.45) is 0. The van der Waals surface area contributed by atoms with Gasteiger partial charge in [0.15, 0.2) is 11.5 Å². The van der Waals surface area contributed by atoms with Crippen LogP contribution in [-0.4, -0.2) is 34.5 Å². The number of hydrogen-bond acceptors (Lipinski definition) is 6. The van der Waals surface area contributed by atoms with E-state index in [9.17, 15) is 18.0 Å². The molecular formula is C24H25N3O6S. The second-order valence-electron chi connectivity index (χ2n) is 7.36. The van der Waals surface area contributed by atoms with Gasteiger partial charge in [-0.2, -0.15) is 0 Å². The maximum absolute atomic E-state index is 12.7. The number of anilines is 1. The minimum atomic E-state index is -3.84. The summed E-state index contributed by atoms with van der Waals surface area (Å²) in [5.74, 6) is -0.343. The predicted molar refractivity (Wildman–Crippen MR) is 128 cm³/mol. The maximum Gasteiger partial charge on any atom is 0.269 e. The molecule has 0 saturated carbocycles. The molecule has 0 aliphatic rings. The Kier molecular flexibility index (Phi) is 7.42. The Labute approximate surface area is 198 Å². The minimum absolute atomic E-state index is 0.000630. The van der Waals surface area contributed by atoms with Gasteiger partial charge >= 0.3 is 0 Å². The number of carbonyl (C=O) groups excluding carboxylic acids is 2. The van der Waals surface area contributed by atoms with Gasteiger partial charge in [-0.05, 0) is 73.5 Å². The highest BCUT2D eigenvalue weighted by molar-refractivity contribution is 7.92. The number of ether oxygens (including phenoxy) is 2. The lowest BCUT2D eigenvalue weighted by molar-refractivity contribution is 0.0846. The second-order valence-corrected chi connectivity index (χ2v) is 9.04. The number of rotatable bonds is 7. The molecule has 2 amide bonds. The molecule has 0 atom stereocenters. The molecule has 0 bridgehead atoms. The van der Waals surface area contributed by atoms with Crippen molar-refractivity contribution < 1.29 is 27.5 Å². The lowest BCUT2D eigenvalue weighted by atomic mass is 10.1. The average Bonchev–Trinajstić information content (AvgIpc) is 2.84. The van der Waals surface area contributed by atoms with Gasteiger partial charge in [0, 0.05) is 11.1 Å². The van der Waals surface area contributed by atoms with Crippen molar-refractivity contribution >= 4 is 27.5 Å². The van der Waals surface area contributed by atoms with Crippen molar-refractivity contribution in [3.8, 4) is 11.5 Å². The van der Waals surface area contributed by atoms with E-state index in [1.807, 2.05) is 19.9 Å². The van der Waals surface area contributed by atoms with Gasteiger partial charge in [0.05, 0.1) is 24.8 Å². The average molecular weight is 484 g/mol. The molecule has 0 aromatic heterocycles. The molecule has 0 saturated heterocycles. The van der Waals surface area contributed by atoms with E-state index < -0.39 is 21.8 Å². The Bertz CT molecular complexity index is 1320. The first kappa shape index (κ1) is 24.6. The van der Waals surface area contributed by atoms with E-state index in [2.05, 4.69) is 15.6 Å². The number of hydrogen-bond donors (Lipinski definition) is 3. The zero-order valence-electron chi connectivity index (χ0n) is 19.1. The van der Waals surface area contributed by atoms with Crippen LogP contribution in [0.25, 0.3) is 0 Å². The van der Waals surface area contributed by atoms with Gasteiger partial charge < -0.3 is 9.47 Å². The number of carbonyl (C=O) groups is 2. The van der Waals surface area contributed by atoms with Crippen LogP contribution in [0.1, 0.15) is 31.8 Å². The predicted octanol–water partition coefficient (Wildman–Crippen LogP) is 3.20. The molecule has 10 heteroatoms. The summed E-state index contributed by atoms with van der Waals surface area (Å²) in [5.41, 5.74) is 7.29. The molecule has 34 heavy (non-hydrogen) atoms. The molecule has 0 aliphatic carbocycles. The first-order valence-electron chi connectivity index (χ1n) is 10.2. The third-order valence-corrected chi connectivity index (χ3v) is 6.59. The number of nitrogens with one attached hydrogen (secondary N) is 3. The molecule has 3 aromatic rings. The van der Waals surface area contributed by atoms with Crippen LogP contribution < -0.4 is 25.0 Å². The van der Waals surface area contributed by atoms with Gasteiger partial charge in [0.2, 0.25) is 0 Å². The molecule has 0 radical (unpaired) electrons. The summed E-state index contributed by atoms with van der Waals surface area (Å²) >= 11 is 0. The summed E-state index contributed by atoms with van der Waals surface area (Å²) in [7, 11) is -0.915. The minimum Gasteiger partial charge on any atom is -0.493 e. The standard InChI is InChI=1S/C24H25N3O6S/c1-15-6-5-7-20(16(15)2)27-34(30,31)19-11-8-17(9-12-19)23(28)25-26-24(29)18-10-13-21(32-3)22(14-18)33-4/h5-14,27H,1-4H3,(H,25,28)(H,26,29). The van der Waals surface area contributed by atoms with Crippen molar-refractivity contribution in [2.24, 2.45) is 0 Å². The second kappa shape index (κ2) is 10.3. The highest BCUT2D eigenvalue weighted by Gasteiger charge is 2.17. The molecule has 0 spiro atoms. The van der Waals surface area contributed by atoms with Gasteiger partial charge in [-0.25, -0.2) is 8.42 Å². The Balaban J connectivity index is 1.66. The van der Waals surface area contributed by atoms with Gasteiger partial charge in [-0.1, -0.05) is 12.1 Å². The quantitative estimate of drug-likeness (QED) is 0.444. The Hall–Kier alpha value is -4.05. The fourth-order valence-electron chi connectivity index (χ4n) is 3.09. The van der Waals surface area contributed by atoms with E-state index >= 15 is 0 Å². The summed E-state index contributed by atoms with van der Waals surface area (Å²) in [4.78, 5) is 24.8. The summed E-state index contributed by atoms with van der Waals surface area (Å²) in [5, 5.41) is 0. The number of amides is 2. The highest BCUT2D eigenvalue weighted by atomic mass is 32.2. The molecule has 0 heterocycles. The number of sulfonamides is 1. The molecule has 9 nitrogen and oxygen atoms in total. The normalized spacial score (nSPS) is 10.8. The van der Waals surface area contributed by atoms with Crippen molar-refractivity contribution in [3.63, 3.8) is 0 Å². The molecule has 3 N–H and O–H groups in total. The Morgan fingerprint density at radius 3 is 1.97 bits per heavy atom. The Morgan fingerprint density at radius 1 is 0.765 bits per heavy atom. The largest absolute Gasteiger partial charge is 0.493 e. The highest BCUT2D eigenvalue weighted by Crippen LogP contribution is 2.27. The molecule has 0 unspecified atom stereocenters. The molecule has 0 fully saturated rings. The van der Waals surface area contributed by atoms with Crippen molar-refractivity contribution in [1.29, 1.82) is 0 Å². The SMILES string of the molecule is COc1ccc(C(=O)NNC(=O)c2ccc(S(=O)(=O)Nc3cccc(C)c3C)cc2)cc1OC. The van der Waals surface area contributed by atoms with E-state index in [4.69, 9.17) is 9.47 Å². The first-order valence-corrected chi connectivity index (χ1v) is 11.7. The van der Waals surface area contributed by atoms with Gasteiger partial charge in [-0.3, -0.25) is 25.2 Å². The van der Waals surface area contributed by atoms with Crippen LogP contribution in [0.4, 0.5) is 5.69 Å². The van der Waals surface area contributed by atoms with Crippen molar-refractivity contribution in [2.75, 3.05) is 18.9 Å². The van der Waals surface area contributed by atoms with Crippen molar-refractivity contribution in [3.05, 3.63) is 82.9 Å². The van der Waals surface area contributed by atoms with Crippen LogP contribution in [-0.2, 0) is 10.0 Å². The van der Waals surface area contributed by atoms with Crippen LogP contribution in [0, 0.1) is 13.8 Å². The van der Waals surface area contributed by atoms with Crippen LogP contribution in [0.15, 0.2) is 65.6 Å². The van der Waals surface area contributed by atoms with Crippen LogP contribution >= 0.6 is 0 Å². The number of aryl methyl sites for hydroxylation is 1. The fraction of sp³-hybridized carbons (Fsp3) is 0.167. The number of hydrazine groups is 1. The van der Waals surface area contributed by atoms with Gasteiger partial charge in [0.1, 0.15) is 0 Å². The third-order valence-electron chi connectivity index (χ3n) is 5.21. The van der Waals surface area contributed by atoms with Crippen molar-refractivity contribution in [1.82, 2.24) is 10.9 Å². The van der Waals surface area contributed by atoms with Gasteiger partial charge in [-0.15, -0.1) is 0 Å². The number of benzene rings is 3. The summed E-state index contributed by atoms with van der Waals surface area (Å²) in [6, 6.07) is 15.3. The van der Waals surface area contributed by atoms with Crippen LogP contribution in [0.5, 0.6) is 11.5 Å². The molecule has 3 rings (SSSR count). The van der Waals surface area contributed by atoms with Crippen LogP contribution in [0.2, 0.25) is 0 Å². The molecular weight excluding hydrogens is 458 g/mol. The fourth-order valence-corrected chi connectivity index (χ4v) is 4.21. The van der Waals surface area contributed by atoms with E-state index in [0.29, 0.717) is 17.2 Å². The monoisotopic (exact) mass is 483 g/mol. The van der Waals surface area contributed by atoms with Crippen molar-refractivity contribution in [2.45, 2.75) is 18.7 Å². The maximum atomic E-state index is 12.7. The van der Waals surface area contributed by atoms with E-state index in [1.54, 1.807) is 18.2 Å². The zero-order valence-corrected chi connectivity index (χ0v) is 19.9. The van der Waals surface area contributed by atoms with E-state index in [0.717, 1.165) is 11.1 Å². The topological polar surface area (TPSA) is 123 Å². The molecule has 3 aromatic carbocycles. The van der Waals surface area contributed by atoms with E-state index in [1.165, 1.54) is 50.6 Å². The smallest absolute Gasteiger partial charge is 0.269 e. The summed E-state index contributed by atoms with van der Waals surface area (Å²) in [6.45, 7) is 3.72. The molecule has 0 aliphatic heterocycles. The number of methoxy groups -OCH3 is 2. The van der Waals surface area contributed by atoms with E-state index in [-0.39, 0.29) is 16.0 Å². The third kappa shape index (κ3) is 5.46. The zero-order chi connectivity index (χ0) is 24.9.